The van der Waals surface area contributed by atoms with Crippen LogP contribution in [-0.4, -0.2) is 50.2 Å². The molecule has 1 aromatic carbocycles. The number of benzene rings is 1. The highest BCUT2D eigenvalue weighted by molar-refractivity contribution is 6.12. The summed E-state index contributed by atoms with van der Waals surface area (Å²) < 4.78 is 1.72. The van der Waals surface area contributed by atoms with E-state index in [1.54, 1.807) is 37.1 Å². The lowest BCUT2D eigenvalue weighted by atomic mass is 9.80. The molecule has 0 spiro atoms. The van der Waals surface area contributed by atoms with Crippen molar-refractivity contribution >= 4 is 29.5 Å². The molecule has 0 unspecified atom stereocenters. The van der Waals surface area contributed by atoms with E-state index in [-0.39, 0.29) is 36.5 Å². The minimum atomic E-state index is -0.922. The summed E-state index contributed by atoms with van der Waals surface area (Å²) in [5.74, 6) is -0.977. The van der Waals surface area contributed by atoms with Crippen molar-refractivity contribution in [1.82, 2.24) is 19.4 Å². The van der Waals surface area contributed by atoms with Crippen molar-refractivity contribution in [2.24, 2.45) is 13.0 Å². The second kappa shape index (κ2) is 10.3. The molecule has 0 saturated carbocycles. The number of nitrogens with zero attached hydrogens (tertiary/aromatic N) is 5. The molecular weight excluding hydrogens is 456 g/mol. The average Bonchev–Trinajstić information content (AvgIpc) is 3.28. The van der Waals surface area contributed by atoms with Gasteiger partial charge in [-0.15, -0.1) is 0 Å². The molecule has 1 aliphatic heterocycles. The van der Waals surface area contributed by atoms with Crippen LogP contribution in [0.2, 0.25) is 0 Å². The first-order valence-corrected chi connectivity index (χ1v) is 12.1. The number of likely N-dealkylation sites (N-methyl/N-ethyl adjacent to an activating group) is 1. The number of nitrogens with two attached hydrogens (primary N) is 1. The number of nitrogen functional groups attached to an aromatic ring is 1. The van der Waals surface area contributed by atoms with Crippen LogP contribution in [-0.2, 0) is 27.9 Å². The maximum atomic E-state index is 13.7. The van der Waals surface area contributed by atoms with Crippen molar-refractivity contribution in [2.75, 3.05) is 17.7 Å². The third kappa shape index (κ3) is 4.86. The quantitative estimate of drug-likeness (QED) is 0.488. The van der Waals surface area contributed by atoms with Crippen LogP contribution in [0, 0.1) is 12.8 Å². The zero-order valence-electron chi connectivity index (χ0n) is 21.1. The molecule has 3 aromatic rings. The summed E-state index contributed by atoms with van der Waals surface area (Å²) in [6, 6.07) is 12.4. The van der Waals surface area contributed by atoms with E-state index in [2.05, 4.69) is 9.97 Å². The first kappa shape index (κ1) is 25.1. The van der Waals surface area contributed by atoms with Crippen LogP contribution in [0.4, 0.5) is 11.8 Å². The third-order valence-corrected chi connectivity index (χ3v) is 6.84. The van der Waals surface area contributed by atoms with E-state index in [4.69, 9.17) is 5.73 Å². The van der Waals surface area contributed by atoms with Gasteiger partial charge in [0.15, 0.2) is 0 Å². The number of hydrogen-bond donors (Lipinski definition) is 1. The SMILES string of the molecule is CC[C@@H](CC(=O)N1C(=O)[C@H](Cc2cc(C)nc(N)c2)[C@H]1C(=O)N(C)c1nccn1C)c1ccccc1. The Balaban J connectivity index is 1.62. The lowest BCUT2D eigenvalue weighted by Crippen LogP contribution is -2.69. The number of hydrogen-bond acceptors (Lipinski definition) is 6. The number of likely N-dealkylation sites (tertiary alicyclic amines) is 1. The zero-order valence-corrected chi connectivity index (χ0v) is 21.1. The summed E-state index contributed by atoms with van der Waals surface area (Å²) in [6.07, 6.45) is 4.51. The van der Waals surface area contributed by atoms with Crippen LogP contribution >= 0.6 is 0 Å². The van der Waals surface area contributed by atoms with Gasteiger partial charge in [-0.05, 0) is 48.9 Å². The predicted octanol–water partition coefficient (Wildman–Crippen LogP) is 2.85. The third-order valence-electron chi connectivity index (χ3n) is 6.84. The van der Waals surface area contributed by atoms with E-state index in [1.807, 2.05) is 50.2 Å². The van der Waals surface area contributed by atoms with Gasteiger partial charge in [0.2, 0.25) is 17.8 Å². The number of carbonyl (C=O) groups excluding carboxylic acids is 3. The number of aryl methyl sites for hydroxylation is 2. The van der Waals surface area contributed by atoms with Gasteiger partial charge in [-0.25, -0.2) is 9.97 Å². The van der Waals surface area contributed by atoms with Crippen molar-refractivity contribution in [3.8, 4) is 0 Å². The molecule has 0 aliphatic carbocycles. The highest BCUT2D eigenvalue weighted by Crippen LogP contribution is 2.35. The number of imide groups is 1. The summed E-state index contributed by atoms with van der Waals surface area (Å²) in [4.78, 5) is 51.5. The summed E-state index contributed by atoms with van der Waals surface area (Å²) >= 11 is 0. The van der Waals surface area contributed by atoms with Crippen LogP contribution in [0.3, 0.4) is 0 Å². The van der Waals surface area contributed by atoms with E-state index >= 15 is 0 Å². The largest absolute Gasteiger partial charge is 0.384 e. The van der Waals surface area contributed by atoms with Gasteiger partial charge in [0, 0.05) is 38.6 Å². The highest BCUT2D eigenvalue weighted by Gasteiger charge is 2.55. The normalized spacial score (nSPS) is 18.0. The Morgan fingerprint density at radius 3 is 2.53 bits per heavy atom. The van der Waals surface area contributed by atoms with Crippen LogP contribution in [0.25, 0.3) is 0 Å². The number of imidazole rings is 1. The number of aromatic nitrogens is 3. The topological polar surface area (TPSA) is 114 Å². The number of β-lactam (4-membered cyclic amide) rings is 1. The number of rotatable bonds is 8. The number of anilines is 2. The lowest BCUT2D eigenvalue weighted by Gasteiger charge is -2.46. The van der Waals surface area contributed by atoms with Gasteiger partial charge in [0.05, 0.1) is 5.92 Å². The first-order chi connectivity index (χ1) is 17.2. The van der Waals surface area contributed by atoms with Gasteiger partial charge >= 0.3 is 0 Å². The molecule has 4 rings (SSSR count). The smallest absolute Gasteiger partial charge is 0.253 e. The Kier molecular flexibility index (Phi) is 7.19. The van der Waals surface area contributed by atoms with E-state index in [1.165, 1.54) is 4.90 Å². The van der Waals surface area contributed by atoms with Gasteiger partial charge in [-0.3, -0.25) is 24.2 Å². The predicted molar refractivity (Wildman–Crippen MR) is 137 cm³/mol. The second-order valence-corrected chi connectivity index (χ2v) is 9.35. The number of pyridine rings is 1. The van der Waals surface area contributed by atoms with E-state index in [9.17, 15) is 14.4 Å². The molecule has 0 radical (unpaired) electrons. The molecule has 1 saturated heterocycles. The maximum Gasteiger partial charge on any atom is 0.253 e. The van der Waals surface area contributed by atoms with Crippen LogP contribution < -0.4 is 10.6 Å². The number of amides is 3. The van der Waals surface area contributed by atoms with Crippen molar-refractivity contribution in [1.29, 1.82) is 0 Å². The van der Waals surface area contributed by atoms with Crippen molar-refractivity contribution in [2.45, 2.75) is 45.1 Å². The molecule has 2 aromatic heterocycles. The first-order valence-electron chi connectivity index (χ1n) is 12.1. The van der Waals surface area contributed by atoms with E-state index < -0.39 is 12.0 Å². The minimum absolute atomic E-state index is 0.0452. The fourth-order valence-electron chi connectivity index (χ4n) is 4.96. The van der Waals surface area contributed by atoms with Crippen molar-refractivity contribution in [3.05, 3.63) is 71.7 Å². The van der Waals surface area contributed by atoms with Crippen molar-refractivity contribution < 1.29 is 14.4 Å². The summed E-state index contributed by atoms with van der Waals surface area (Å²) in [6.45, 7) is 3.84. The Bertz CT molecular complexity index is 1250. The molecule has 188 valence electrons. The molecule has 1 aliphatic rings. The molecular formula is C27H32N6O3. The molecule has 3 amide bonds. The monoisotopic (exact) mass is 488 g/mol. The molecule has 9 nitrogen and oxygen atoms in total. The molecule has 36 heavy (non-hydrogen) atoms. The summed E-state index contributed by atoms with van der Waals surface area (Å²) in [5, 5.41) is 0. The number of carbonyl (C=O) groups is 3. The van der Waals surface area contributed by atoms with E-state index in [0.717, 1.165) is 28.1 Å². The summed E-state index contributed by atoms with van der Waals surface area (Å²) in [5.41, 5.74) is 8.48. The lowest BCUT2D eigenvalue weighted by molar-refractivity contribution is -0.170. The van der Waals surface area contributed by atoms with Gasteiger partial charge in [-0.1, -0.05) is 37.3 Å². The zero-order chi connectivity index (χ0) is 26.0. The molecule has 2 N–H and O–H groups in total. The average molecular weight is 489 g/mol. The molecule has 1 fully saturated rings. The fraction of sp³-hybridized carbons (Fsp3) is 0.370. The van der Waals surface area contributed by atoms with Gasteiger partial charge < -0.3 is 10.3 Å². The van der Waals surface area contributed by atoms with Gasteiger partial charge in [-0.2, -0.15) is 0 Å². The van der Waals surface area contributed by atoms with Crippen molar-refractivity contribution in [3.63, 3.8) is 0 Å². The maximum absolute atomic E-state index is 13.7. The molecule has 3 atom stereocenters. The van der Waals surface area contributed by atoms with Gasteiger partial charge in [0.1, 0.15) is 11.9 Å². The summed E-state index contributed by atoms with van der Waals surface area (Å²) in [7, 11) is 3.40. The Labute approximate surface area is 210 Å². The van der Waals surface area contributed by atoms with E-state index in [0.29, 0.717) is 11.8 Å². The van der Waals surface area contributed by atoms with Crippen LogP contribution in [0.15, 0.2) is 54.9 Å². The van der Waals surface area contributed by atoms with Crippen LogP contribution in [0.5, 0.6) is 0 Å². The van der Waals surface area contributed by atoms with Crippen LogP contribution in [0.1, 0.15) is 42.5 Å². The second-order valence-electron chi connectivity index (χ2n) is 9.35. The molecule has 0 bridgehead atoms. The van der Waals surface area contributed by atoms with Gasteiger partial charge in [0.25, 0.3) is 5.91 Å². The Hall–Kier alpha value is -4.01. The fourth-order valence-corrected chi connectivity index (χ4v) is 4.96. The Morgan fingerprint density at radius 2 is 1.92 bits per heavy atom. The standard InChI is InChI=1S/C27H32N6O3/c1-5-19(20-9-7-6-8-10-20)16-23(34)33-24(26(36)32(4)27-29-11-12-31(27)3)21(25(33)35)14-18-13-17(2)30-22(28)15-18/h6-13,15,19,21,24H,5,14,16H2,1-4H3,(H2,28,30)/t19-,21+,24-/m0/s1. The Morgan fingerprint density at radius 1 is 1.19 bits per heavy atom. The molecule has 9 heteroatoms. The minimum Gasteiger partial charge on any atom is -0.384 e. The molecule has 3 heterocycles. The highest BCUT2D eigenvalue weighted by atomic mass is 16.2.